The number of ether oxygens (including phenoxy) is 5. The fraction of sp³-hybridized carbons (Fsp3) is 0.531. The highest BCUT2D eigenvalue weighted by Crippen LogP contribution is 2.38. The second-order valence-corrected chi connectivity index (χ2v) is 16.9. The van der Waals surface area contributed by atoms with Crippen LogP contribution in [-0.2, 0) is 42.5 Å². The lowest BCUT2D eigenvalue weighted by Crippen LogP contribution is -2.69. The highest BCUT2D eigenvalue weighted by molar-refractivity contribution is 14.1. The van der Waals surface area contributed by atoms with Crippen molar-refractivity contribution in [3.8, 4) is 0 Å². The number of alkyl halides is 1. The van der Waals surface area contributed by atoms with Crippen LogP contribution in [0.25, 0.3) is 0 Å². The molecular weight excluding hydrogens is 683 g/mol. The topological polar surface area (TPSA) is 107 Å². The average Bonchev–Trinajstić information content (AvgIpc) is 2.94. The molecule has 1 aliphatic heterocycles. The van der Waals surface area contributed by atoms with Gasteiger partial charge < -0.3 is 28.1 Å². The zero-order chi connectivity index (χ0) is 31.6. The summed E-state index contributed by atoms with van der Waals surface area (Å²) in [5.41, 5.74) is 0. The summed E-state index contributed by atoms with van der Waals surface area (Å²) in [5.74, 6) is -1.85. The molecule has 236 valence electrons. The van der Waals surface area contributed by atoms with Gasteiger partial charge in [0, 0.05) is 27.4 Å². The van der Waals surface area contributed by atoms with Crippen LogP contribution in [0.15, 0.2) is 60.7 Å². The quantitative estimate of drug-likeness (QED) is 0.0746. The first-order valence-corrected chi connectivity index (χ1v) is 17.9. The maximum Gasteiger partial charge on any atom is 0.303 e. The lowest BCUT2D eigenvalue weighted by Gasteiger charge is -2.47. The number of benzene rings is 2. The van der Waals surface area contributed by atoms with Crippen molar-refractivity contribution in [2.24, 2.45) is 0 Å². The smallest absolute Gasteiger partial charge is 0.303 e. The molecule has 5 atom stereocenters. The van der Waals surface area contributed by atoms with Crippen molar-refractivity contribution in [2.75, 3.05) is 17.6 Å². The van der Waals surface area contributed by atoms with Crippen molar-refractivity contribution in [1.82, 2.24) is 0 Å². The van der Waals surface area contributed by atoms with E-state index in [4.69, 9.17) is 28.1 Å². The third-order valence-electron chi connectivity index (χ3n) is 7.19. The molecule has 0 N–H and O–H groups in total. The molecule has 0 radical (unpaired) electrons. The standard InChI is InChI=1S/C32H43IO9Si/c1-22(34)39-28-27(42-31(37-20-14-13-19-33)30(41-24(3)36)29(28)40-23(2)35)21-38-43(32(4,5)6,25-15-9-7-10-16-25)26-17-11-8-12-18-26/h7-12,15-18,27-31H,13-14,19-21H2,1-6H3/t27-,28-,29+,30-,31-/m1/s1. The molecule has 0 unspecified atom stereocenters. The summed E-state index contributed by atoms with van der Waals surface area (Å²) in [5, 5.41) is 1.80. The molecule has 0 bridgehead atoms. The molecule has 9 nitrogen and oxygen atoms in total. The Morgan fingerprint density at radius 3 is 1.72 bits per heavy atom. The van der Waals surface area contributed by atoms with E-state index < -0.39 is 56.9 Å². The van der Waals surface area contributed by atoms with Crippen LogP contribution < -0.4 is 10.4 Å². The fourth-order valence-corrected chi connectivity index (χ4v) is 10.6. The normalized spacial score (nSPS) is 22.4. The zero-order valence-electron chi connectivity index (χ0n) is 25.7. The van der Waals surface area contributed by atoms with Crippen molar-refractivity contribution in [3.63, 3.8) is 0 Å². The number of esters is 3. The van der Waals surface area contributed by atoms with Crippen LogP contribution in [0.5, 0.6) is 0 Å². The number of carbonyl (C=O) groups excluding carboxylic acids is 3. The maximum atomic E-state index is 12.4. The van der Waals surface area contributed by atoms with Crippen molar-refractivity contribution in [2.45, 2.75) is 90.1 Å². The monoisotopic (exact) mass is 726 g/mol. The van der Waals surface area contributed by atoms with Crippen LogP contribution in [0.2, 0.25) is 5.04 Å². The van der Waals surface area contributed by atoms with Gasteiger partial charge >= 0.3 is 17.9 Å². The van der Waals surface area contributed by atoms with E-state index in [-0.39, 0.29) is 11.6 Å². The molecule has 43 heavy (non-hydrogen) atoms. The minimum atomic E-state index is -3.01. The highest BCUT2D eigenvalue weighted by Gasteiger charge is 2.55. The number of unbranched alkanes of at least 4 members (excludes halogenated alkanes) is 1. The van der Waals surface area contributed by atoms with Crippen LogP contribution in [-0.4, -0.2) is 74.6 Å². The Balaban J connectivity index is 2.09. The van der Waals surface area contributed by atoms with Crippen LogP contribution in [0.4, 0.5) is 0 Å². The molecular formula is C32H43IO9Si. The van der Waals surface area contributed by atoms with Gasteiger partial charge in [-0.25, -0.2) is 0 Å². The maximum absolute atomic E-state index is 12.4. The molecule has 0 spiro atoms. The minimum Gasteiger partial charge on any atom is -0.456 e. The van der Waals surface area contributed by atoms with Gasteiger partial charge in [0.2, 0.25) is 0 Å². The predicted octanol–water partition coefficient (Wildman–Crippen LogP) is 4.31. The van der Waals surface area contributed by atoms with Gasteiger partial charge in [0.25, 0.3) is 8.32 Å². The molecule has 2 aromatic rings. The number of carbonyl (C=O) groups is 3. The molecule has 3 rings (SSSR count). The summed E-state index contributed by atoms with van der Waals surface area (Å²) in [6.45, 7) is 10.5. The number of hydrogen-bond donors (Lipinski definition) is 0. The van der Waals surface area contributed by atoms with Gasteiger partial charge in [-0.2, -0.15) is 0 Å². The number of rotatable bonds is 13. The van der Waals surface area contributed by atoms with E-state index in [1.807, 2.05) is 36.4 Å². The van der Waals surface area contributed by atoms with Gasteiger partial charge in [-0.15, -0.1) is 0 Å². The summed E-state index contributed by atoms with van der Waals surface area (Å²) in [6.07, 6.45) is -3.77. The van der Waals surface area contributed by atoms with E-state index in [9.17, 15) is 14.4 Å². The van der Waals surface area contributed by atoms with E-state index in [0.717, 1.165) is 27.6 Å². The van der Waals surface area contributed by atoms with Crippen molar-refractivity contribution < 1.29 is 42.5 Å². The Bertz CT molecular complexity index is 1150. The van der Waals surface area contributed by atoms with Crippen molar-refractivity contribution in [3.05, 3.63) is 60.7 Å². The highest BCUT2D eigenvalue weighted by atomic mass is 127. The molecule has 1 heterocycles. The first-order valence-electron chi connectivity index (χ1n) is 14.5. The summed E-state index contributed by atoms with van der Waals surface area (Å²) in [4.78, 5) is 36.8. The number of hydrogen-bond acceptors (Lipinski definition) is 9. The van der Waals surface area contributed by atoms with Gasteiger partial charge in [-0.1, -0.05) is 104 Å². The SMILES string of the molecule is CC(=O)O[C@@H]1[C@@H](OC(C)=O)[C@H](OCCCCI)O[C@H](CO[Si](c2ccccc2)(c2ccccc2)C(C)(C)C)[C@H]1OC(C)=O. The van der Waals surface area contributed by atoms with Crippen LogP contribution >= 0.6 is 22.6 Å². The largest absolute Gasteiger partial charge is 0.456 e. The predicted molar refractivity (Wildman–Crippen MR) is 173 cm³/mol. The molecule has 0 aliphatic carbocycles. The summed E-state index contributed by atoms with van der Waals surface area (Å²) in [7, 11) is -3.01. The zero-order valence-corrected chi connectivity index (χ0v) is 28.9. The molecule has 0 saturated carbocycles. The van der Waals surface area contributed by atoms with Crippen molar-refractivity contribution in [1.29, 1.82) is 0 Å². The molecule has 1 fully saturated rings. The number of halogens is 1. The summed E-state index contributed by atoms with van der Waals surface area (Å²) < 4.78 is 37.5. The fourth-order valence-electron chi connectivity index (χ4n) is 5.49. The van der Waals surface area contributed by atoms with Gasteiger partial charge in [0.15, 0.2) is 24.6 Å². The van der Waals surface area contributed by atoms with E-state index in [1.165, 1.54) is 20.8 Å². The third kappa shape index (κ3) is 9.10. The Morgan fingerprint density at radius 1 is 0.767 bits per heavy atom. The second-order valence-electron chi connectivity index (χ2n) is 11.5. The molecule has 2 aromatic carbocycles. The van der Waals surface area contributed by atoms with Crippen LogP contribution in [0.3, 0.4) is 0 Å². The second kappa shape index (κ2) is 16.1. The molecule has 0 amide bonds. The van der Waals surface area contributed by atoms with E-state index in [2.05, 4.69) is 67.6 Å². The lowest BCUT2D eigenvalue weighted by atomic mass is 9.98. The molecule has 11 heteroatoms. The summed E-state index contributed by atoms with van der Waals surface area (Å²) in [6, 6.07) is 20.2. The molecule has 1 saturated heterocycles. The van der Waals surface area contributed by atoms with Gasteiger partial charge in [0.1, 0.15) is 6.10 Å². The first kappa shape index (κ1) is 35.2. The Labute approximate surface area is 269 Å². The Hall–Kier alpha value is -2.32. The lowest BCUT2D eigenvalue weighted by molar-refractivity contribution is -0.307. The summed E-state index contributed by atoms with van der Waals surface area (Å²) >= 11 is 2.29. The van der Waals surface area contributed by atoms with Crippen LogP contribution in [0, 0.1) is 0 Å². The van der Waals surface area contributed by atoms with Crippen LogP contribution in [0.1, 0.15) is 54.4 Å². The van der Waals surface area contributed by atoms with Gasteiger partial charge in [0.05, 0.1) is 6.61 Å². The molecule has 0 aromatic heterocycles. The van der Waals surface area contributed by atoms with Gasteiger partial charge in [-0.05, 0) is 32.7 Å². The first-order chi connectivity index (χ1) is 20.4. The Kier molecular flexibility index (Phi) is 13.2. The molecule has 1 aliphatic rings. The average molecular weight is 727 g/mol. The third-order valence-corrected chi connectivity index (χ3v) is 13.0. The van der Waals surface area contributed by atoms with Gasteiger partial charge in [-0.3, -0.25) is 14.4 Å². The minimum absolute atomic E-state index is 0.0105. The Morgan fingerprint density at radius 2 is 1.26 bits per heavy atom. The van der Waals surface area contributed by atoms with E-state index in [1.54, 1.807) is 0 Å². The van der Waals surface area contributed by atoms with E-state index >= 15 is 0 Å². The van der Waals surface area contributed by atoms with Crippen molar-refractivity contribution >= 4 is 59.2 Å². The van der Waals surface area contributed by atoms with E-state index in [0.29, 0.717) is 6.61 Å².